The first-order chi connectivity index (χ1) is 15.3. The molecule has 0 aliphatic rings. The van der Waals surface area contributed by atoms with Gasteiger partial charge in [0.05, 0.1) is 18.5 Å². The maximum atomic E-state index is 13.7. The average molecular weight is 444 g/mol. The lowest BCUT2D eigenvalue weighted by Crippen LogP contribution is -2.18. The van der Waals surface area contributed by atoms with Gasteiger partial charge in [0.25, 0.3) is 5.91 Å². The van der Waals surface area contributed by atoms with Crippen molar-refractivity contribution in [3.63, 3.8) is 0 Å². The van der Waals surface area contributed by atoms with Crippen molar-refractivity contribution in [3.8, 4) is 5.69 Å². The van der Waals surface area contributed by atoms with E-state index in [1.807, 2.05) is 0 Å². The maximum Gasteiger partial charge on any atom is 0.434 e. The van der Waals surface area contributed by atoms with Crippen LogP contribution in [0.1, 0.15) is 33.3 Å². The molecule has 2 aromatic heterocycles. The highest BCUT2D eigenvalue weighted by Gasteiger charge is 2.41. The monoisotopic (exact) mass is 444 g/mol. The minimum atomic E-state index is -4.87. The molecular formula is C20H15F3N6O3. The first-order valence-electron chi connectivity index (χ1n) is 9.32. The van der Waals surface area contributed by atoms with Crippen molar-refractivity contribution in [1.29, 1.82) is 0 Å². The molecule has 164 valence electrons. The number of rotatable bonds is 5. The highest BCUT2D eigenvalue weighted by Crippen LogP contribution is 2.34. The summed E-state index contributed by atoms with van der Waals surface area (Å²) in [7, 11) is 0. The summed E-state index contributed by atoms with van der Waals surface area (Å²) in [4.78, 5) is 24.5. The van der Waals surface area contributed by atoms with Crippen molar-refractivity contribution in [2.75, 3.05) is 11.9 Å². The summed E-state index contributed by atoms with van der Waals surface area (Å²) in [6.45, 7) is 1.41. The molecule has 9 nitrogen and oxygen atoms in total. The summed E-state index contributed by atoms with van der Waals surface area (Å²) in [5.74, 6) is -1.62. The van der Waals surface area contributed by atoms with Gasteiger partial charge in [-0.3, -0.25) is 4.79 Å². The summed E-state index contributed by atoms with van der Waals surface area (Å²) < 4.78 is 46.4. The Morgan fingerprint density at radius 2 is 1.91 bits per heavy atom. The van der Waals surface area contributed by atoms with Crippen LogP contribution in [0.4, 0.5) is 18.9 Å². The minimum absolute atomic E-state index is 0.00220. The number of carbonyl (C=O) groups is 2. The quantitative estimate of drug-likeness (QED) is 0.455. The van der Waals surface area contributed by atoms with Crippen molar-refractivity contribution in [3.05, 3.63) is 65.5 Å². The molecule has 0 aliphatic carbocycles. The van der Waals surface area contributed by atoms with Crippen LogP contribution in [0.15, 0.2) is 48.7 Å². The number of halogens is 3. The van der Waals surface area contributed by atoms with E-state index in [2.05, 4.69) is 25.8 Å². The van der Waals surface area contributed by atoms with E-state index in [4.69, 9.17) is 4.74 Å². The summed E-state index contributed by atoms with van der Waals surface area (Å²) in [6.07, 6.45) is -4.07. The summed E-state index contributed by atoms with van der Waals surface area (Å²) >= 11 is 0. The van der Waals surface area contributed by atoms with Gasteiger partial charge in [-0.25, -0.2) is 9.48 Å². The molecule has 0 aliphatic heterocycles. The fraction of sp³-hybridized carbons (Fsp3) is 0.150. The molecule has 2 heterocycles. The number of nitrogens with one attached hydrogen (secondary N) is 2. The van der Waals surface area contributed by atoms with Gasteiger partial charge in [0.15, 0.2) is 5.69 Å². The number of hydrogen-bond donors (Lipinski definition) is 2. The van der Waals surface area contributed by atoms with Gasteiger partial charge in [-0.2, -0.15) is 33.7 Å². The smallest absolute Gasteiger partial charge is 0.434 e. The highest BCUT2D eigenvalue weighted by molar-refractivity contribution is 6.06. The molecule has 2 aromatic carbocycles. The van der Waals surface area contributed by atoms with E-state index in [0.29, 0.717) is 15.7 Å². The number of aromatic nitrogens is 5. The van der Waals surface area contributed by atoms with Gasteiger partial charge in [-0.05, 0) is 43.3 Å². The largest absolute Gasteiger partial charge is 0.462 e. The van der Waals surface area contributed by atoms with Crippen LogP contribution in [0.25, 0.3) is 16.7 Å². The fourth-order valence-electron chi connectivity index (χ4n) is 3.08. The third-order valence-electron chi connectivity index (χ3n) is 4.46. The van der Waals surface area contributed by atoms with Gasteiger partial charge in [-0.1, -0.05) is 6.07 Å². The Morgan fingerprint density at radius 3 is 2.66 bits per heavy atom. The van der Waals surface area contributed by atoms with Crippen LogP contribution >= 0.6 is 0 Å². The molecule has 0 unspecified atom stereocenters. The highest BCUT2D eigenvalue weighted by atomic mass is 19.4. The third kappa shape index (κ3) is 4.02. The summed E-state index contributed by atoms with van der Waals surface area (Å²) in [5, 5.41) is 16.6. The first kappa shape index (κ1) is 21.0. The molecule has 0 spiro atoms. The van der Waals surface area contributed by atoms with Gasteiger partial charge < -0.3 is 10.1 Å². The summed E-state index contributed by atoms with van der Waals surface area (Å²) in [6, 6.07) is 10.3. The Labute approximate surface area is 178 Å². The number of nitrogens with zero attached hydrogens (tertiary/aromatic N) is 4. The van der Waals surface area contributed by atoms with E-state index in [0.717, 1.165) is 6.20 Å². The average Bonchev–Trinajstić information content (AvgIpc) is 3.40. The predicted octanol–water partition coefficient (Wildman–Crippen LogP) is 3.59. The number of benzene rings is 2. The van der Waals surface area contributed by atoms with Gasteiger partial charge in [0.1, 0.15) is 16.6 Å². The number of ether oxygens (including phenoxy) is 1. The molecule has 1 amide bonds. The van der Waals surface area contributed by atoms with Crippen LogP contribution in [0.5, 0.6) is 0 Å². The summed E-state index contributed by atoms with van der Waals surface area (Å²) in [5.41, 5.74) is -0.377. The number of hydrogen-bond acceptors (Lipinski definition) is 6. The van der Waals surface area contributed by atoms with E-state index in [1.165, 1.54) is 37.3 Å². The predicted molar refractivity (Wildman–Crippen MR) is 106 cm³/mol. The maximum absolute atomic E-state index is 13.7. The zero-order chi connectivity index (χ0) is 22.9. The fourth-order valence-corrected chi connectivity index (χ4v) is 3.08. The molecule has 4 aromatic rings. The Balaban J connectivity index is 1.65. The number of amides is 1. The number of carbonyl (C=O) groups excluding carboxylic acids is 2. The Morgan fingerprint density at radius 1 is 1.12 bits per heavy atom. The van der Waals surface area contributed by atoms with Crippen LogP contribution in [-0.2, 0) is 10.9 Å². The van der Waals surface area contributed by atoms with Crippen molar-refractivity contribution >= 4 is 28.6 Å². The molecule has 2 N–H and O–H groups in total. The van der Waals surface area contributed by atoms with Crippen molar-refractivity contribution in [2.24, 2.45) is 0 Å². The molecular weight excluding hydrogens is 429 g/mol. The number of alkyl halides is 3. The van der Waals surface area contributed by atoms with E-state index >= 15 is 0 Å². The molecule has 12 heteroatoms. The molecule has 0 saturated heterocycles. The van der Waals surface area contributed by atoms with Crippen molar-refractivity contribution in [2.45, 2.75) is 13.1 Å². The van der Waals surface area contributed by atoms with E-state index in [9.17, 15) is 22.8 Å². The third-order valence-corrected chi connectivity index (χ3v) is 4.46. The zero-order valence-corrected chi connectivity index (χ0v) is 16.5. The van der Waals surface area contributed by atoms with Gasteiger partial charge in [-0.15, -0.1) is 0 Å². The van der Waals surface area contributed by atoms with Crippen LogP contribution in [-0.4, -0.2) is 43.7 Å². The molecule has 32 heavy (non-hydrogen) atoms. The number of H-pyrrole nitrogens is 1. The number of fused-ring (bicyclic) bond motifs is 1. The van der Waals surface area contributed by atoms with Gasteiger partial charge >= 0.3 is 12.1 Å². The molecule has 0 bridgehead atoms. The number of aromatic amines is 1. The first-order valence-corrected chi connectivity index (χ1v) is 9.32. The van der Waals surface area contributed by atoms with Crippen LogP contribution in [0.2, 0.25) is 0 Å². The molecule has 0 fully saturated rings. The molecule has 0 radical (unpaired) electrons. The van der Waals surface area contributed by atoms with Crippen LogP contribution < -0.4 is 5.32 Å². The lowest BCUT2D eigenvalue weighted by Gasteiger charge is -2.13. The van der Waals surface area contributed by atoms with Crippen LogP contribution in [0, 0.1) is 0 Å². The second-order valence-electron chi connectivity index (χ2n) is 6.57. The lowest BCUT2D eigenvalue weighted by atomic mass is 10.1. The van der Waals surface area contributed by atoms with E-state index in [1.54, 1.807) is 12.1 Å². The zero-order valence-electron chi connectivity index (χ0n) is 16.5. The normalized spacial score (nSPS) is 11.5. The number of anilines is 1. The standard InChI is InChI=1S/C20H15F3N6O3/c1-2-32-19(31)14-10-24-29(17(14)20(21,22)23)13-5-3-4-12(9-13)25-18(30)11-6-7-15-16(8-11)27-28-26-15/h3-10H,2H2,1H3,(H,25,30)(H,26,27,28). The lowest BCUT2D eigenvalue weighted by molar-refractivity contribution is -0.143. The van der Waals surface area contributed by atoms with Crippen molar-refractivity contribution < 1.29 is 27.5 Å². The number of esters is 1. The second-order valence-corrected chi connectivity index (χ2v) is 6.57. The Hall–Kier alpha value is -4.22. The van der Waals surface area contributed by atoms with E-state index in [-0.39, 0.29) is 23.5 Å². The molecule has 4 rings (SSSR count). The Bertz CT molecular complexity index is 1310. The van der Waals surface area contributed by atoms with Crippen LogP contribution in [0.3, 0.4) is 0 Å². The SMILES string of the molecule is CCOC(=O)c1cnn(-c2cccc(NC(=O)c3ccc4n[nH]nc4c3)c2)c1C(F)(F)F. The van der Waals surface area contributed by atoms with E-state index < -0.39 is 29.3 Å². The van der Waals surface area contributed by atoms with Gasteiger partial charge in [0.2, 0.25) is 0 Å². The Kier molecular flexibility index (Phi) is 5.34. The topological polar surface area (TPSA) is 115 Å². The second kappa shape index (κ2) is 8.13. The van der Waals surface area contributed by atoms with Gasteiger partial charge in [0, 0.05) is 11.3 Å². The van der Waals surface area contributed by atoms with Crippen molar-refractivity contribution in [1.82, 2.24) is 25.2 Å². The molecule has 0 saturated carbocycles. The molecule has 0 atom stereocenters. The minimum Gasteiger partial charge on any atom is -0.462 e.